The van der Waals surface area contributed by atoms with E-state index in [9.17, 15) is 9.59 Å². The molecule has 6 heteroatoms. The normalized spacial score (nSPS) is 11.6. The number of methoxy groups -OCH3 is 1. The zero-order valence-electron chi connectivity index (χ0n) is 15.5. The Kier molecular flexibility index (Phi) is 6.27. The number of halogens is 1. The summed E-state index contributed by atoms with van der Waals surface area (Å²) in [5.74, 6) is -0.204. The van der Waals surface area contributed by atoms with E-state index in [4.69, 9.17) is 21.1 Å². The first kappa shape index (κ1) is 19.8. The number of benzene rings is 2. The highest BCUT2D eigenvalue weighted by molar-refractivity contribution is 6.32. The van der Waals surface area contributed by atoms with Crippen LogP contribution in [-0.2, 0) is 9.53 Å². The predicted octanol–water partition coefficient (Wildman–Crippen LogP) is 4.46. The summed E-state index contributed by atoms with van der Waals surface area (Å²) in [6.07, 6.45) is -0.726. The van der Waals surface area contributed by atoms with Gasteiger partial charge in [-0.05, 0) is 68.7 Å². The van der Waals surface area contributed by atoms with Crippen LogP contribution in [0.1, 0.15) is 34.0 Å². The Morgan fingerprint density at radius 3 is 2.23 bits per heavy atom. The average Bonchev–Trinajstić information content (AvgIpc) is 2.60. The van der Waals surface area contributed by atoms with Crippen molar-refractivity contribution in [3.8, 4) is 5.75 Å². The standard InChI is InChI=1S/C20H22ClNO4/c1-11-6-7-15(20(24)25-5)10-17(11)22-19(23)14(4)26-16-8-12(2)18(21)13(3)9-16/h6-10,14H,1-5H3,(H,22,23)/t14-/m1/s1. The lowest BCUT2D eigenvalue weighted by molar-refractivity contribution is -0.122. The third kappa shape index (κ3) is 4.55. The zero-order valence-corrected chi connectivity index (χ0v) is 16.2. The van der Waals surface area contributed by atoms with Gasteiger partial charge in [-0.1, -0.05) is 17.7 Å². The van der Waals surface area contributed by atoms with Crippen LogP contribution >= 0.6 is 11.6 Å². The Labute approximate surface area is 158 Å². The zero-order chi connectivity index (χ0) is 19.4. The van der Waals surface area contributed by atoms with E-state index in [2.05, 4.69) is 5.32 Å². The molecular weight excluding hydrogens is 354 g/mol. The number of ether oxygens (including phenoxy) is 2. The highest BCUT2D eigenvalue weighted by atomic mass is 35.5. The Morgan fingerprint density at radius 1 is 1.04 bits per heavy atom. The van der Waals surface area contributed by atoms with Crippen LogP contribution in [0, 0.1) is 20.8 Å². The summed E-state index contributed by atoms with van der Waals surface area (Å²) in [6.45, 7) is 7.27. The highest BCUT2D eigenvalue weighted by Crippen LogP contribution is 2.26. The number of anilines is 1. The van der Waals surface area contributed by atoms with Gasteiger partial charge in [-0.25, -0.2) is 4.79 Å². The summed E-state index contributed by atoms with van der Waals surface area (Å²) in [5.41, 5.74) is 3.51. The molecule has 0 unspecified atom stereocenters. The highest BCUT2D eigenvalue weighted by Gasteiger charge is 2.18. The third-order valence-electron chi connectivity index (χ3n) is 4.01. The number of carbonyl (C=O) groups is 2. The van der Waals surface area contributed by atoms with E-state index in [1.807, 2.05) is 20.8 Å². The van der Waals surface area contributed by atoms with E-state index in [1.165, 1.54) is 7.11 Å². The lowest BCUT2D eigenvalue weighted by Crippen LogP contribution is -2.30. The first-order chi connectivity index (χ1) is 12.2. The van der Waals surface area contributed by atoms with Gasteiger partial charge < -0.3 is 14.8 Å². The van der Waals surface area contributed by atoms with Crippen molar-refractivity contribution in [2.24, 2.45) is 0 Å². The fourth-order valence-electron chi connectivity index (χ4n) is 2.47. The molecule has 138 valence electrons. The van der Waals surface area contributed by atoms with Gasteiger partial charge in [0.15, 0.2) is 6.10 Å². The molecule has 2 aromatic carbocycles. The number of amides is 1. The minimum Gasteiger partial charge on any atom is -0.481 e. The molecule has 0 fully saturated rings. The maximum Gasteiger partial charge on any atom is 0.337 e. The van der Waals surface area contributed by atoms with Gasteiger partial charge in [0.05, 0.1) is 12.7 Å². The second kappa shape index (κ2) is 8.23. The number of nitrogens with one attached hydrogen (secondary N) is 1. The first-order valence-corrected chi connectivity index (χ1v) is 8.54. The molecule has 0 aliphatic heterocycles. The fourth-order valence-corrected chi connectivity index (χ4v) is 2.58. The second-order valence-corrected chi connectivity index (χ2v) is 6.52. The molecule has 2 aromatic rings. The molecule has 2 rings (SSSR count). The number of rotatable bonds is 5. The van der Waals surface area contributed by atoms with Crippen LogP contribution in [0.3, 0.4) is 0 Å². The molecule has 1 N–H and O–H groups in total. The smallest absolute Gasteiger partial charge is 0.337 e. The molecule has 26 heavy (non-hydrogen) atoms. The van der Waals surface area contributed by atoms with Crippen LogP contribution in [0.15, 0.2) is 30.3 Å². The molecular formula is C20H22ClNO4. The van der Waals surface area contributed by atoms with Crippen LogP contribution in [0.25, 0.3) is 0 Å². The Bertz CT molecular complexity index is 825. The van der Waals surface area contributed by atoms with Crippen molar-refractivity contribution in [2.75, 3.05) is 12.4 Å². The molecule has 5 nitrogen and oxygen atoms in total. The van der Waals surface area contributed by atoms with Gasteiger partial charge in [-0.15, -0.1) is 0 Å². The third-order valence-corrected chi connectivity index (χ3v) is 4.60. The van der Waals surface area contributed by atoms with Gasteiger partial charge in [0, 0.05) is 10.7 Å². The largest absolute Gasteiger partial charge is 0.481 e. The molecule has 0 spiro atoms. The van der Waals surface area contributed by atoms with Crippen molar-refractivity contribution in [1.29, 1.82) is 0 Å². The summed E-state index contributed by atoms with van der Waals surface area (Å²) in [6, 6.07) is 8.57. The second-order valence-electron chi connectivity index (χ2n) is 6.14. The molecule has 0 saturated heterocycles. The van der Waals surface area contributed by atoms with E-state index in [0.717, 1.165) is 16.7 Å². The minimum absolute atomic E-state index is 0.319. The van der Waals surface area contributed by atoms with Crippen molar-refractivity contribution < 1.29 is 19.1 Å². The predicted molar refractivity (Wildman–Crippen MR) is 102 cm³/mol. The van der Waals surface area contributed by atoms with Gasteiger partial charge in [-0.2, -0.15) is 0 Å². The van der Waals surface area contributed by atoms with Crippen LogP contribution < -0.4 is 10.1 Å². The van der Waals surface area contributed by atoms with Crippen LogP contribution in [0.5, 0.6) is 5.75 Å². The molecule has 0 aliphatic rings. The topological polar surface area (TPSA) is 64.6 Å². The van der Waals surface area contributed by atoms with E-state index < -0.39 is 12.1 Å². The number of carbonyl (C=O) groups excluding carboxylic acids is 2. The van der Waals surface area contributed by atoms with Crippen LogP contribution in [0.4, 0.5) is 5.69 Å². The van der Waals surface area contributed by atoms with E-state index in [-0.39, 0.29) is 5.91 Å². The SMILES string of the molecule is COC(=O)c1ccc(C)c(NC(=O)[C@@H](C)Oc2cc(C)c(Cl)c(C)c2)c1. The number of hydrogen-bond donors (Lipinski definition) is 1. The van der Waals surface area contributed by atoms with Gasteiger partial charge >= 0.3 is 5.97 Å². The van der Waals surface area contributed by atoms with Crippen molar-refractivity contribution in [1.82, 2.24) is 0 Å². The maximum absolute atomic E-state index is 12.5. The summed E-state index contributed by atoms with van der Waals surface area (Å²) >= 11 is 6.15. The lowest BCUT2D eigenvalue weighted by Gasteiger charge is -2.17. The number of aryl methyl sites for hydroxylation is 3. The molecule has 0 aliphatic carbocycles. The van der Waals surface area contributed by atoms with E-state index in [1.54, 1.807) is 37.3 Å². The van der Waals surface area contributed by atoms with Crippen molar-refractivity contribution >= 4 is 29.2 Å². The number of esters is 1. The monoisotopic (exact) mass is 375 g/mol. The fraction of sp³-hybridized carbons (Fsp3) is 0.300. The summed E-state index contributed by atoms with van der Waals surface area (Å²) in [5, 5.41) is 3.48. The molecule has 1 atom stereocenters. The minimum atomic E-state index is -0.726. The van der Waals surface area contributed by atoms with Crippen LogP contribution in [0.2, 0.25) is 5.02 Å². The molecule has 1 amide bonds. The van der Waals surface area contributed by atoms with Gasteiger partial charge in [-0.3, -0.25) is 4.79 Å². The first-order valence-electron chi connectivity index (χ1n) is 8.16. The van der Waals surface area contributed by atoms with Crippen molar-refractivity contribution in [3.05, 3.63) is 57.6 Å². The Hall–Kier alpha value is -2.53. The van der Waals surface area contributed by atoms with E-state index in [0.29, 0.717) is 22.0 Å². The van der Waals surface area contributed by atoms with E-state index >= 15 is 0 Å². The molecule has 0 saturated carbocycles. The van der Waals surface area contributed by atoms with Crippen molar-refractivity contribution in [3.63, 3.8) is 0 Å². The van der Waals surface area contributed by atoms with Gasteiger partial charge in [0.2, 0.25) is 0 Å². The Balaban J connectivity index is 2.13. The van der Waals surface area contributed by atoms with Crippen LogP contribution in [-0.4, -0.2) is 25.1 Å². The average molecular weight is 376 g/mol. The van der Waals surface area contributed by atoms with Gasteiger partial charge in [0.25, 0.3) is 5.91 Å². The summed E-state index contributed by atoms with van der Waals surface area (Å²) < 4.78 is 10.4. The quantitative estimate of drug-likeness (QED) is 0.784. The summed E-state index contributed by atoms with van der Waals surface area (Å²) in [7, 11) is 1.31. The lowest BCUT2D eigenvalue weighted by atomic mass is 10.1. The molecule has 0 heterocycles. The maximum atomic E-state index is 12.5. The molecule has 0 radical (unpaired) electrons. The van der Waals surface area contributed by atoms with Gasteiger partial charge in [0.1, 0.15) is 5.75 Å². The Morgan fingerprint density at radius 2 is 1.65 bits per heavy atom. The van der Waals surface area contributed by atoms with Crippen molar-refractivity contribution in [2.45, 2.75) is 33.8 Å². The molecule has 0 aromatic heterocycles. The number of hydrogen-bond acceptors (Lipinski definition) is 4. The molecule has 0 bridgehead atoms. The summed E-state index contributed by atoms with van der Waals surface area (Å²) in [4.78, 5) is 24.1.